The third-order valence-corrected chi connectivity index (χ3v) is 4.70. The Balaban J connectivity index is 4.20. The van der Waals surface area contributed by atoms with Crippen molar-refractivity contribution in [2.45, 2.75) is 112 Å². The molecular weight excluding hydrogens is 320 g/mol. The normalized spacial score (nSPS) is 13.7. The van der Waals surface area contributed by atoms with E-state index in [-0.39, 0.29) is 0 Å². The molecule has 0 spiro atoms. The van der Waals surface area contributed by atoms with E-state index < -0.39 is 5.79 Å². The average molecular weight is 367 g/mol. The van der Waals surface area contributed by atoms with Gasteiger partial charge in [0.25, 0.3) is 0 Å². The van der Waals surface area contributed by atoms with E-state index in [9.17, 15) is 0 Å². The van der Waals surface area contributed by atoms with Crippen LogP contribution in [-0.2, 0) is 9.47 Å². The largest absolute Gasteiger partial charge is 0.350 e. The molecular formula is C24H46O2. The lowest BCUT2D eigenvalue weighted by Crippen LogP contribution is -2.33. The van der Waals surface area contributed by atoms with Crippen LogP contribution in [0.4, 0.5) is 0 Å². The highest BCUT2D eigenvalue weighted by atomic mass is 16.7. The summed E-state index contributed by atoms with van der Waals surface area (Å²) in [6.07, 6.45) is 15.0. The van der Waals surface area contributed by atoms with Crippen LogP contribution in [0.5, 0.6) is 0 Å². The SMILES string of the molecule is CCCOC(C)(CC/C=C(\C)CC/C=C(\C)CCCC(C)C)OCCC. The first kappa shape index (κ1) is 25.4. The van der Waals surface area contributed by atoms with E-state index >= 15 is 0 Å². The van der Waals surface area contributed by atoms with Crippen LogP contribution in [0, 0.1) is 5.92 Å². The van der Waals surface area contributed by atoms with Crippen LogP contribution in [0.2, 0.25) is 0 Å². The lowest BCUT2D eigenvalue weighted by atomic mass is 10.0. The Hall–Kier alpha value is -0.600. The molecule has 0 aromatic heterocycles. The molecule has 0 rings (SSSR count). The zero-order chi connectivity index (χ0) is 19.8. The molecule has 0 fully saturated rings. The van der Waals surface area contributed by atoms with Gasteiger partial charge in [-0.1, -0.05) is 57.4 Å². The first-order chi connectivity index (χ1) is 12.3. The molecule has 26 heavy (non-hydrogen) atoms. The second-order valence-corrected chi connectivity index (χ2v) is 8.30. The summed E-state index contributed by atoms with van der Waals surface area (Å²) >= 11 is 0. The van der Waals surface area contributed by atoms with Gasteiger partial charge in [0.15, 0.2) is 5.79 Å². The third-order valence-electron chi connectivity index (χ3n) is 4.70. The van der Waals surface area contributed by atoms with E-state index in [0.29, 0.717) is 0 Å². The summed E-state index contributed by atoms with van der Waals surface area (Å²) in [7, 11) is 0. The Kier molecular flexibility index (Phi) is 15.1. The van der Waals surface area contributed by atoms with E-state index in [1.807, 2.05) is 0 Å². The third kappa shape index (κ3) is 14.6. The highest BCUT2D eigenvalue weighted by Crippen LogP contribution is 2.22. The number of allylic oxidation sites excluding steroid dienone is 4. The number of hydrogen-bond acceptors (Lipinski definition) is 2. The molecule has 0 aliphatic carbocycles. The van der Waals surface area contributed by atoms with E-state index in [1.165, 1.54) is 24.8 Å². The Labute approximate surface area is 164 Å². The molecule has 0 heterocycles. The van der Waals surface area contributed by atoms with E-state index in [1.54, 1.807) is 5.57 Å². The average Bonchev–Trinajstić information content (AvgIpc) is 2.58. The van der Waals surface area contributed by atoms with Gasteiger partial charge < -0.3 is 9.47 Å². The van der Waals surface area contributed by atoms with Gasteiger partial charge in [-0.2, -0.15) is 0 Å². The maximum atomic E-state index is 5.97. The van der Waals surface area contributed by atoms with Gasteiger partial charge in [0.1, 0.15) is 0 Å². The standard InChI is InChI=1S/C24H46O2/c1-8-19-25-24(7,26-20-9-2)18-12-17-23(6)16-11-15-22(5)14-10-13-21(3)4/h15,17,21H,8-14,16,18-20H2,1-7H3/b22-15+,23-17+. The summed E-state index contributed by atoms with van der Waals surface area (Å²) in [4.78, 5) is 0. The van der Waals surface area contributed by atoms with Gasteiger partial charge in [0.05, 0.1) is 0 Å². The summed E-state index contributed by atoms with van der Waals surface area (Å²) in [5, 5.41) is 0. The van der Waals surface area contributed by atoms with Crippen molar-refractivity contribution in [3.8, 4) is 0 Å². The van der Waals surface area contributed by atoms with Crippen molar-refractivity contribution in [3.63, 3.8) is 0 Å². The highest BCUT2D eigenvalue weighted by Gasteiger charge is 2.24. The van der Waals surface area contributed by atoms with E-state index in [0.717, 1.165) is 57.7 Å². The minimum atomic E-state index is -0.435. The quantitative estimate of drug-likeness (QED) is 0.205. The van der Waals surface area contributed by atoms with Crippen LogP contribution in [0.3, 0.4) is 0 Å². The van der Waals surface area contributed by atoms with Gasteiger partial charge in [-0.25, -0.2) is 0 Å². The fourth-order valence-electron chi connectivity index (χ4n) is 2.94. The molecule has 0 saturated heterocycles. The van der Waals surface area contributed by atoms with Crippen LogP contribution >= 0.6 is 0 Å². The molecule has 0 saturated carbocycles. The fourth-order valence-corrected chi connectivity index (χ4v) is 2.94. The van der Waals surface area contributed by atoms with Crippen molar-refractivity contribution < 1.29 is 9.47 Å². The van der Waals surface area contributed by atoms with Gasteiger partial charge in [-0.3, -0.25) is 0 Å². The molecule has 0 N–H and O–H groups in total. The Morgan fingerprint density at radius 2 is 1.42 bits per heavy atom. The van der Waals surface area contributed by atoms with Crippen molar-refractivity contribution in [2.24, 2.45) is 5.92 Å². The van der Waals surface area contributed by atoms with Gasteiger partial charge >= 0.3 is 0 Å². The van der Waals surface area contributed by atoms with Crippen molar-refractivity contribution in [2.75, 3.05) is 13.2 Å². The molecule has 0 unspecified atom stereocenters. The van der Waals surface area contributed by atoms with Gasteiger partial charge in [-0.05, 0) is 71.6 Å². The van der Waals surface area contributed by atoms with Crippen LogP contribution in [0.25, 0.3) is 0 Å². The molecule has 0 aromatic rings. The van der Waals surface area contributed by atoms with Gasteiger partial charge in [-0.15, -0.1) is 0 Å². The van der Waals surface area contributed by atoms with Crippen molar-refractivity contribution in [1.29, 1.82) is 0 Å². The minimum Gasteiger partial charge on any atom is -0.350 e. The Morgan fingerprint density at radius 3 is 1.96 bits per heavy atom. The molecule has 0 bridgehead atoms. The van der Waals surface area contributed by atoms with Gasteiger partial charge in [0, 0.05) is 19.6 Å². The fraction of sp³-hybridized carbons (Fsp3) is 0.833. The topological polar surface area (TPSA) is 18.5 Å². The van der Waals surface area contributed by atoms with Gasteiger partial charge in [0.2, 0.25) is 0 Å². The molecule has 0 aliphatic heterocycles. The second kappa shape index (κ2) is 15.5. The summed E-state index contributed by atoms with van der Waals surface area (Å²) in [5.41, 5.74) is 3.02. The smallest absolute Gasteiger partial charge is 0.165 e. The van der Waals surface area contributed by atoms with E-state index in [4.69, 9.17) is 9.47 Å². The molecule has 0 aliphatic rings. The molecule has 0 aromatic carbocycles. The zero-order valence-corrected chi connectivity index (χ0v) is 18.8. The number of rotatable bonds is 16. The monoisotopic (exact) mass is 366 g/mol. The summed E-state index contributed by atoms with van der Waals surface area (Å²) in [5.74, 6) is 0.386. The maximum Gasteiger partial charge on any atom is 0.165 e. The molecule has 0 atom stereocenters. The predicted octanol–water partition coefficient (Wildman–Crippen LogP) is 7.84. The van der Waals surface area contributed by atoms with Crippen LogP contribution < -0.4 is 0 Å². The van der Waals surface area contributed by atoms with Crippen LogP contribution in [0.15, 0.2) is 23.3 Å². The summed E-state index contributed by atoms with van der Waals surface area (Å²) in [6, 6.07) is 0. The maximum absolute atomic E-state index is 5.97. The van der Waals surface area contributed by atoms with Crippen molar-refractivity contribution in [1.82, 2.24) is 0 Å². The lowest BCUT2D eigenvalue weighted by Gasteiger charge is -2.29. The predicted molar refractivity (Wildman–Crippen MR) is 116 cm³/mol. The minimum absolute atomic E-state index is 0.435. The molecule has 2 heteroatoms. The Morgan fingerprint density at radius 1 is 0.885 bits per heavy atom. The Bertz CT molecular complexity index is 385. The summed E-state index contributed by atoms with van der Waals surface area (Å²) < 4.78 is 11.9. The van der Waals surface area contributed by atoms with Crippen molar-refractivity contribution >= 4 is 0 Å². The highest BCUT2D eigenvalue weighted by molar-refractivity contribution is 5.03. The molecule has 2 nitrogen and oxygen atoms in total. The van der Waals surface area contributed by atoms with Crippen LogP contribution in [0.1, 0.15) is 106 Å². The molecule has 154 valence electrons. The zero-order valence-electron chi connectivity index (χ0n) is 18.8. The second-order valence-electron chi connectivity index (χ2n) is 8.30. The first-order valence-corrected chi connectivity index (χ1v) is 10.9. The summed E-state index contributed by atoms with van der Waals surface area (Å²) in [6.45, 7) is 17.0. The lowest BCUT2D eigenvalue weighted by molar-refractivity contribution is -0.228. The number of ether oxygens (including phenoxy) is 2. The van der Waals surface area contributed by atoms with Crippen LogP contribution in [-0.4, -0.2) is 19.0 Å². The molecule has 0 radical (unpaired) electrons. The van der Waals surface area contributed by atoms with Crippen molar-refractivity contribution in [3.05, 3.63) is 23.3 Å². The molecule has 0 amide bonds. The van der Waals surface area contributed by atoms with E-state index in [2.05, 4.69) is 60.6 Å². The first-order valence-electron chi connectivity index (χ1n) is 10.9. The number of hydrogen-bond donors (Lipinski definition) is 0.